The monoisotopic (exact) mass is 285 g/mol. The fourth-order valence-electron chi connectivity index (χ4n) is 1.69. The molecule has 0 unspecified atom stereocenters. The molecule has 0 aromatic heterocycles. The molecule has 0 aliphatic rings. The van der Waals surface area contributed by atoms with E-state index in [0.717, 1.165) is 6.07 Å². The molecule has 0 fully saturated rings. The Balaban J connectivity index is 2.13. The lowest BCUT2D eigenvalue weighted by Gasteiger charge is -2.12. The molecule has 0 radical (unpaired) electrons. The second-order valence-corrected chi connectivity index (χ2v) is 3.94. The maximum Gasteiger partial charge on any atom is 0.387 e. The molecule has 106 valence electrons. The van der Waals surface area contributed by atoms with Gasteiger partial charge >= 0.3 is 6.61 Å². The van der Waals surface area contributed by atoms with Crippen LogP contribution < -0.4 is 10.1 Å². The van der Waals surface area contributed by atoms with E-state index in [1.165, 1.54) is 18.2 Å². The van der Waals surface area contributed by atoms with Crippen molar-refractivity contribution in [2.45, 2.75) is 13.2 Å². The van der Waals surface area contributed by atoms with E-state index < -0.39 is 18.2 Å². The van der Waals surface area contributed by atoms with Crippen LogP contribution in [0.5, 0.6) is 5.75 Å². The third kappa shape index (κ3) is 3.40. The van der Waals surface area contributed by atoms with Crippen LogP contribution in [0.2, 0.25) is 0 Å². The number of ether oxygens (including phenoxy) is 1. The number of anilines is 1. The van der Waals surface area contributed by atoms with Crippen molar-refractivity contribution in [2.24, 2.45) is 0 Å². The lowest BCUT2D eigenvalue weighted by molar-refractivity contribution is -0.0504. The Morgan fingerprint density at radius 2 is 1.75 bits per heavy atom. The molecule has 0 atom stereocenters. The Kier molecular flexibility index (Phi) is 4.45. The third-order valence-corrected chi connectivity index (χ3v) is 2.61. The smallest absolute Gasteiger partial charge is 0.387 e. The number of hydrogen-bond acceptors (Lipinski definition) is 2. The Hall–Kier alpha value is -2.24. The molecule has 1 N–H and O–H groups in total. The van der Waals surface area contributed by atoms with Gasteiger partial charge in [-0.15, -0.1) is 0 Å². The quantitative estimate of drug-likeness (QED) is 0.832. The topological polar surface area (TPSA) is 21.3 Å². The van der Waals surface area contributed by atoms with E-state index in [1.807, 2.05) is 0 Å². The number of hydrogen-bond donors (Lipinski definition) is 1. The third-order valence-electron chi connectivity index (χ3n) is 2.61. The van der Waals surface area contributed by atoms with E-state index >= 15 is 0 Å². The van der Waals surface area contributed by atoms with Gasteiger partial charge in [-0.25, -0.2) is 8.78 Å². The van der Waals surface area contributed by atoms with Crippen molar-refractivity contribution in [1.29, 1.82) is 0 Å². The van der Waals surface area contributed by atoms with Crippen LogP contribution in [0, 0.1) is 11.6 Å². The summed E-state index contributed by atoms with van der Waals surface area (Å²) in [6.45, 7) is -2.91. The van der Waals surface area contributed by atoms with Crippen molar-refractivity contribution in [2.75, 3.05) is 5.32 Å². The van der Waals surface area contributed by atoms with Gasteiger partial charge in [0, 0.05) is 12.1 Å². The van der Waals surface area contributed by atoms with Crippen LogP contribution in [0.1, 0.15) is 5.56 Å². The van der Waals surface area contributed by atoms with Crippen LogP contribution in [-0.4, -0.2) is 6.61 Å². The Morgan fingerprint density at radius 3 is 2.50 bits per heavy atom. The zero-order valence-electron chi connectivity index (χ0n) is 10.2. The Labute approximate surface area is 113 Å². The van der Waals surface area contributed by atoms with Crippen molar-refractivity contribution < 1.29 is 22.3 Å². The van der Waals surface area contributed by atoms with Gasteiger partial charge in [0.2, 0.25) is 0 Å². The summed E-state index contributed by atoms with van der Waals surface area (Å²) in [6.07, 6.45) is 0. The van der Waals surface area contributed by atoms with Gasteiger partial charge in [0.05, 0.1) is 5.69 Å². The molecule has 0 saturated carbocycles. The molecule has 0 aliphatic carbocycles. The molecule has 0 saturated heterocycles. The molecule has 20 heavy (non-hydrogen) atoms. The molecular formula is C14H11F4NO. The molecule has 0 heterocycles. The lowest BCUT2D eigenvalue weighted by Crippen LogP contribution is -2.08. The minimum absolute atomic E-state index is 0.00758. The van der Waals surface area contributed by atoms with E-state index in [4.69, 9.17) is 0 Å². The highest BCUT2D eigenvalue weighted by molar-refractivity contribution is 5.46. The highest BCUT2D eigenvalue weighted by Crippen LogP contribution is 2.23. The number of benzene rings is 2. The number of rotatable bonds is 5. The second-order valence-electron chi connectivity index (χ2n) is 3.94. The standard InChI is InChI=1S/C14H11F4NO/c15-10-5-3-6-11(13(10)16)19-8-9-4-1-2-7-12(9)20-14(17)18/h1-7,14,19H,8H2. The van der Waals surface area contributed by atoms with Gasteiger partial charge in [-0.1, -0.05) is 24.3 Å². The minimum Gasteiger partial charge on any atom is -0.434 e. The SMILES string of the molecule is Fc1cccc(NCc2ccccc2OC(F)F)c1F. The zero-order chi connectivity index (χ0) is 14.5. The minimum atomic E-state index is -2.94. The molecule has 2 aromatic carbocycles. The van der Waals surface area contributed by atoms with E-state index in [9.17, 15) is 17.6 Å². The van der Waals surface area contributed by atoms with Gasteiger partial charge in [-0.05, 0) is 18.2 Å². The summed E-state index contributed by atoms with van der Waals surface area (Å²) in [7, 11) is 0. The largest absolute Gasteiger partial charge is 0.434 e. The van der Waals surface area contributed by atoms with E-state index in [-0.39, 0.29) is 18.0 Å². The molecule has 0 bridgehead atoms. The van der Waals surface area contributed by atoms with Crippen molar-refractivity contribution in [3.05, 3.63) is 59.7 Å². The van der Waals surface area contributed by atoms with Gasteiger partial charge in [-0.3, -0.25) is 0 Å². The van der Waals surface area contributed by atoms with Crippen LogP contribution in [0.15, 0.2) is 42.5 Å². The first-order valence-corrected chi connectivity index (χ1v) is 5.78. The fraction of sp³-hybridized carbons (Fsp3) is 0.143. The molecule has 2 aromatic rings. The molecular weight excluding hydrogens is 274 g/mol. The van der Waals surface area contributed by atoms with Gasteiger partial charge in [0.15, 0.2) is 11.6 Å². The molecule has 0 amide bonds. The first kappa shape index (κ1) is 14.2. The van der Waals surface area contributed by atoms with Crippen molar-refractivity contribution in [3.8, 4) is 5.75 Å². The maximum atomic E-state index is 13.4. The Bertz CT molecular complexity index is 589. The molecule has 2 nitrogen and oxygen atoms in total. The predicted molar refractivity (Wildman–Crippen MR) is 66.8 cm³/mol. The molecule has 2 rings (SSSR count). The van der Waals surface area contributed by atoms with Crippen LogP contribution in [0.4, 0.5) is 23.2 Å². The second kappa shape index (κ2) is 6.27. The first-order chi connectivity index (χ1) is 9.58. The summed E-state index contributed by atoms with van der Waals surface area (Å²) < 4.78 is 55.2. The highest BCUT2D eigenvalue weighted by atomic mass is 19.3. The molecule has 0 aliphatic heterocycles. The lowest BCUT2D eigenvalue weighted by atomic mass is 10.2. The summed E-state index contributed by atoms with van der Waals surface area (Å²) in [6, 6.07) is 9.82. The highest BCUT2D eigenvalue weighted by Gasteiger charge is 2.11. The van der Waals surface area contributed by atoms with Gasteiger partial charge in [0.25, 0.3) is 0 Å². The predicted octanol–water partition coefficient (Wildman–Crippen LogP) is 4.18. The van der Waals surface area contributed by atoms with Gasteiger partial charge < -0.3 is 10.1 Å². The van der Waals surface area contributed by atoms with Crippen LogP contribution >= 0.6 is 0 Å². The van der Waals surface area contributed by atoms with Crippen LogP contribution in [0.3, 0.4) is 0 Å². The fourth-order valence-corrected chi connectivity index (χ4v) is 1.69. The van der Waals surface area contributed by atoms with Gasteiger partial charge in [-0.2, -0.15) is 8.78 Å². The molecule has 6 heteroatoms. The number of para-hydroxylation sites is 1. The van der Waals surface area contributed by atoms with Crippen molar-refractivity contribution in [1.82, 2.24) is 0 Å². The normalized spacial score (nSPS) is 10.7. The number of nitrogens with one attached hydrogen (secondary N) is 1. The van der Waals surface area contributed by atoms with Crippen molar-refractivity contribution >= 4 is 5.69 Å². The Morgan fingerprint density at radius 1 is 1.00 bits per heavy atom. The van der Waals surface area contributed by atoms with E-state index in [0.29, 0.717) is 5.56 Å². The summed E-state index contributed by atoms with van der Waals surface area (Å²) >= 11 is 0. The van der Waals surface area contributed by atoms with Crippen LogP contribution in [0.25, 0.3) is 0 Å². The number of halogens is 4. The van der Waals surface area contributed by atoms with E-state index in [2.05, 4.69) is 10.1 Å². The first-order valence-electron chi connectivity index (χ1n) is 5.78. The summed E-state index contributed by atoms with van der Waals surface area (Å²) in [5.74, 6) is -2.00. The summed E-state index contributed by atoms with van der Waals surface area (Å²) in [5, 5.41) is 2.64. The van der Waals surface area contributed by atoms with Crippen molar-refractivity contribution in [3.63, 3.8) is 0 Å². The zero-order valence-corrected chi connectivity index (χ0v) is 10.2. The van der Waals surface area contributed by atoms with Gasteiger partial charge in [0.1, 0.15) is 5.75 Å². The molecule has 0 spiro atoms. The average Bonchev–Trinajstić information content (AvgIpc) is 2.41. The summed E-state index contributed by atoms with van der Waals surface area (Å²) in [5.41, 5.74) is 0.369. The van der Waals surface area contributed by atoms with Crippen LogP contribution in [-0.2, 0) is 6.54 Å². The van der Waals surface area contributed by atoms with E-state index in [1.54, 1.807) is 18.2 Å². The number of alkyl halides is 2. The summed E-state index contributed by atoms with van der Waals surface area (Å²) in [4.78, 5) is 0. The maximum absolute atomic E-state index is 13.4. The average molecular weight is 285 g/mol.